The second kappa shape index (κ2) is 7.23. The topological polar surface area (TPSA) is 74.7 Å². The molecule has 0 fully saturated rings. The number of para-hydroxylation sites is 2. The summed E-state index contributed by atoms with van der Waals surface area (Å²) in [5.74, 6) is -1.16. The molecule has 5 nitrogen and oxygen atoms in total. The van der Waals surface area contributed by atoms with Gasteiger partial charge in [-0.1, -0.05) is 36.4 Å². The van der Waals surface area contributed by atoms with Crippen LogP contribution in [0.25, 0.3) is 0 Å². The Bertz CT molecular complexity index is 996. The molecule has 0 unspecified atom stereocenters. The van der Waals surface area contributed by atoms with E-state index in [4.69, 9.17) is 5.11 Å². The molecule has 26 heavy (non-hydrogen) atoms. The summed E-state index contributed by atoms with van der Waals surface area (Å²) in [6.07, 6.45) is 0. The van der Waals surface area contributed by atoms with E-state index in [0.717, 1.165) is 0 Å². The lowest BCUT2D eigenvalue weighted by molar-refractivity contribution is 0.0693. The van der Waals surface area contributed by atoms with Crippen molar-refractivity contribution in [3.63, 3.8) is 0 Å². The quantitative estimate of drug-likeness (QED) is 0.646. The van der Waals surface area contributed by atoms with E-state index in [1.807, 2.05) is 0 Å². The van der Waals surface area contributed by atoms with Gasteiger partial charge in [-0.3, -0.25) is 0 Å². The third kappa shape index (κ3) is 3.44. The van der Waals surface area contributed by atoms with E-state index in [-0.39, 0.29) is 15.4 Å². The van der Waals surface area contributed by atoms with Crippen LogP contribution < -0.4 is 4.31 Å². The van der Waals surface area contributed by atoms with Gasteiger partial charge in [0.25, 0.3) is 10.0 Å². The highest BCUT2D eigenvalue weighted by atomic mass is 32.2. The zero-order chi connectivity index (χ0) is 18.7. The second-order valence-corrected chi connectivity index (χ2v) is 7.69. The molecule has 1 N–H and O–H groups in total. The molecule has 0 spiro atoms. The van der Waals surface area contributed by atoms with Crippen LogP contribution in [0.1, 0.15) is 10.4 Å². The van der Waals surface area contributed by atoms with Crippen LogP contribution in [0.15, 0.2) is 88.7 Å². The molecule has 0 atom stereocenters. The number of nitrogens with zero attached hydrogens (tertiary/aromatic N) is 1. The molecule has 0 radical (unpaired) electrons. The van der Waals surface area contributed by atoms with Crippen molar-refractivity contribution >= 4 is 40.0 Å². The van der Waals surface area contributed by atoms with Crippen LogP contribution in [-0.4, -0.2) is 19.5 Å². The smallest absolute Gasteiger partial charge is 0.336 e. The van der Waals surface area contributed by atoms with Gasteiger partial charge in [-0.2, -0.15) is 0 Å². The molecule has 3 rings (SSSR count). The number of benzene rings is 3. The average Bonchev–Trinajstić information content (AvgIpc) is 2.63. The SMILES string of the molecule is O=C(O)c1ccc(S(=O)(=O)N(c2ccccc2)c2ccccc2)cc1S. The summed E-state index contributed by atoms with van der Waals surface area (Å²) in [5.41, 5.74) is 0.890. The second-order valence-electron chi connectivity index (χ2n) is 5.42. The van der Waals surface area contributed by atoms with Crippen LogP contribution in [0.2, 0.25) is 0 Å². The van der Waals surface area contributed by atoms with Crippen molar-refractivity contribution in [2.45, 2.75) is 9.79 Å². The van der Waals surface area contributed by atoms with Crippen molar-refractivity contribution in [1.82, 2.24) is 0 Å². The Morgan fingerprint density at radius 3 is 1.77 bits per heavy atom. The largest absolute Gasteiger partial charge is 0.478 e. The zero-order valence-electron chi connectivity index (χ0n) is 13.5. The minimum atomic E-state index is -3.98. The van der Waals surface area contributed by atoms with Crippen molar-refractivity contribution in [2.75, 3.05) is 4.31 Å². The zero-order valence-corrected chi connectivity index (χ0v) is 15.2. The number of hydrogen-bond acceptors (Lipinski definition) is 4. The Morgan fingerprint density at radius 2 is 1.35 bits per heavy atom. The summed E-state index contributed by atoms with van der Waals surface area (Å²) in [4.78, 5) is 11.2. The summed E-state index contributed by atoms with van der Waals surface area (Å²) in [6, 6.07) is 21.1. The van der Waals surface area contributed by atoms with Crippen LogP contribution in [0.5, 0.6) is 0 Å². The van der Waals surface area contributed by atoms with Gasteiger partial charge in [-0.25, -0.2) is 17.5 Å². The number of thiol groups is 1. The number of anilines is 2. The monoisotopic (exact) mass is 385 g/mol. The molecule has 7 heteroatoms. The molecule has 0 aliphatic rings. The molecule has 0 amide bonds. The lowest BCUT2D eigenvalue weighted by Crippen LogP contribution is -2.26. The first-order valence-corrected chi connectivity index (χ1v) is 9.52. The van der Waals surface area contributed by atoms with E-state index in [1.165, 1.54) is 22.5 Å². The van der Waals surface area contributed by atoms with E-state index >= 15 is 0 Å². The molecular weight excluding hydrogens is 370 g/mol. The molecule has 0 heterocycles. The fraction of sp³-hybridized carbons (Fsp3) is 0. The summed E-state index contributed by atoms with van der Waals surface area (Å²) in [7, 11) is -3.98. The minimum absolute atomic E-state index is 0.0415. The lowest BCUT2D eigenvalue weighted by atomic mass is 10.2. The first kappa shape index (κ1) is 18.0. The normalized spacial score (nSPS) is 11.1. The predicted octanol–water partition coefficient (Wildman–Crippen LogP) is 4.20. The van der Waals surface area contributed by atoms with Gasteiger partial charge in [-0.15, -0.1) is 12.6 Å². The van der Waals surface area contributed by atoms with Gasteiger partial charge in [0.05, 0.1) is 21.8 Å². The van der Waals surface area contributed by atoms with Crippen molar-refractivity contribution in [3.8, 4) is 0 Å². The fourth-order valence-electron chi connectivity index (χ4n) is 2.51. The van der Waals surface area contributed by atoms with Crippen LogP contribution in [0.3, 0.4) is 0 Å². The summed E-state index contributed by atoms with van der Waals surface area (Å²) in [6.45, 7) is 0. The van der Waals surface area contributed by atoms with Gasteiger partial charge in [0, 0.05) is 4.90 Å². The molecule has 3 aromatic rings. The van der Waals surface area contributed by atoms with Crippen molar-refractivity contribution in [1.29, 1.82) is 0 Å². The Labute approximate surface area is 157 Å². The van der Waals surface area contributed by atoms with Crippen LogP contribution in [0, 0.1) is 0 Å². The summed E-state index contributed by atoms with van der Waals surface area (Å²) in [5, 5.41) is 9.12. The molecular formula is C19H15NO4S2. The molecule has 0 bridgehead atoms. The highest BCUT2D eigenvalue weighted by Gasteiger charge is 2.27. The molecule has 3 aromatic carbocycles. The number of carboxylic acids is 1. The number of carbonyl (C=O) groups is 1. The first-order chi connectivity index (χ1) is 12.4. The third-order valence-electron chi connectivity index (χ3n) is 3.72. The van der Waals surface area contributed by atoms with E-state index in [9.17, 15) is 13.2 Å². The van der Waals surface area contributed by atoms with Crippen LogP contribution in [-0.2, 0) is 10.0 Å². The number of rotatable bonds is 5. The van der Waals surface area contributed by atoms with E-state index in [2.05, 4.69) is 12.6 Å². The highest BCUT2D eigenvalue weighted by Crippen LogP contribution is 2.33. The van der Waals surface area contributed by atoms with Crippen molar-refractivity contribution in [3.05, 3.63) is 84.4 Å². The van der Waals surface area contributed by atoms with Crippen LogP contribution >= 0.6 is 12.6 Å². The van der Waals surface area contributed by atoms with Gasteiger partial charge in [0.1, 0.15) is 0 Å². The predicted molar refractivity (Wildman–Crippen MR) is 103 cm³/mol. The number of carboxylic acid groups (broad SMARTS) is 1. The van der Waals surface area contributed by atoms with Gasteiger partial charge in [0.2, 0.25) is 0 Å². The van der Waals surface area contributed by atoms with E-state index in [1.54, 1.807) is 60.7 Å². The molecule has 0 aliphatic heterocycles. The summed E-state index contributed by atoms with van der Waals surface area (Å²) < 4.78 is 27.8. The molecule has 132 valence electrons. The maximum atomic E-state index is 13.3. The maximum absolute atomic E-state index is 13.3. The van der Waals surface area contributed by atoms with Crippen molar-refractivity contribution in [2.24, 2.45) is 0 Å². The Balaban J connectivity index is 2.17. The average molecular weight is 385 g/mol. The molecule has 0 saturated carbocycles. The summed E-state index contributed by atoms with van der Waals surface area (Å²) >= 11 is 4.12. The van der Waals surface area contributed by atoms with E-state index < -0.39 is 16.0 Å². The minimum Gasteiger partial charge on any atom is -0.478 e. The third-order valence-corrected chi connectivity index (χ3v) is 5.84. The van der Waals surface area contributed by atoms with Gasteiger partial charge >= 0.3 is 5.97 Å². The standard InChI is InChI=1S/C19H15NO4S2/c21-19(22)17-12-11-16(13-18(17)25)26(23,24)20(14-7-3-1-4-8-14)15-9-5-2-6-10-15/h1-13,25H,(H,21,22). The number of sulfonamides is 1. The first-order valence-electron chi connectivity index (χ1n) is 7.63. The van der Waals surface area contributed by atoms with Gasteiger partial charge in [0.15, 0.2) is 0 Å². The Morgan fingerprint density at radius 1 is 0.846 bits per heavy atom. The van der Waals surface area contributed by atoms with E-state index in [0.29, 0.717) is 11.4 Å². The van der Waals surface area contributed by atoms with Crippen molar-refractivity contribution < 1.29 is 18.3 Å². The van der Waals surface area contributed by atoms with Gasteiger partial charge < -0.3 is 5.11 Å². The lowest BCUT2D eigenvalue weighted by Gasteiger charge is -2.25. The highest BCUT2D eigenvalue weighted by molar-refractivity contribution is 7.93. The number of aromatic carboxylic acids is 1. The maximum Gasteiger partial charge on any atom is 0.336 e. The Kier molecular flexibility index (Phi) is 5.01. The molecule has 0 aromatic heterocycles. The van der Waals surface area contributed by atoms with Gasteiger partial charge in [-0.05, 0) is 42.5 Å². The fourth-order valence-corrected chi connectivity index (χ4v) is 4.42. The van der Waals surface area contributed by atoms with Crippen LogP contribution in [0.4, 0.5) is 11.4 Å². The number of hydrogen-bond donors (Lipinski definition) is 2. The Hall–Kier alpha value is -2.77. The molecule has 0 saturated heterocycles. The molecule has 0 aliphatic carbocycles.